The number of aliphatic imine (C=N–C) groups is 1. The summed E-state index contributed by atoms with van der Waals surface area (Å²) in [5.41, 5.74) is 4.50. The van der Waals surface area contributed by atoms with Crippen LogP contribution in [0.2, 0.25) is 0 Å². The Labute approximate surface area is 226 Å². The molecule has 2 aromatic rings. The van der Waals surface area contributed by atoms with Crippen molar-refractivity contribution in [2.75, 3.05) is 39.3 Å². The van der Waals surface area contributed by atoms with E-state index in [2.05, 4.69) is 57.2 Å². The Balaban J connectivity index is 1.16. The Bertz CT molecular complexity index is 1120. The van der Waals surface area contributed by atoms with Crippen LogP contribution in [0.3, 0.4) is 0 Å². The standard InChI is InChI=1S/C31H40N4O3/c1-3-24(12-16-32-2)21-34-18-14-30(15-19-34)38-29-10-8-26(9-11-29)31(37)33-20-28(36)23-35-17-13-25-6-4-5-7-27(25)22-35/h3-12,16,28,30,36H,2,13-15,17-23H2,1H3,(H,33,37)/b16-12-,24-3+/t28-/m0/s1. The molecule has 2 aliphatic rings. The van der Waals surface area contributed by atoms with E-state index in [0.29, 0.717) is 12.1 Å². The van der Waals surface area contributed by atoms with Gasteiger partial charge in [-0.1, -0.05) is 30.3 Å². The average Bonchev–Trinajstić information content (AvgIpc) is 2.95. The maximum absolute atomic E-state index is 12.6. The van der Waals surface area contributed by atoms with Crippen LogP contribution < -0.4 is 10.1 Å². The molecule has 1 saturated heterocycles. The molecule has 0 bridgehead atoms. The molecule has 1 fully saturated rings. The summed E-state index contributed by atoms with van der Waals surface area (Å²) >= 11 is 0. The Morgan fingerprint density at radius 3 is 2.58 bits per heavy atom. The summed E-state index contributed by atoms with van der Waals surface area (Å²) in [5, 5.41) is 13.4. The highest BCUT2D eigenvalue weighted by atomic mass is 16.5. The molecule has 202 valence electrons. The second-order valence-electron chi connectivity index (χ2n) is 10.1. The smallest absolute Gasteiger partial charge is 0.251 e. The SMILES string of the molecule is C=N/C=C\C(=C/C)CN1CCC(Oc2ccc(C(=O)NC[C@H](O)CN3CCc4ccccc4C3)cc2)CC1. The van der Waals surface area contributed by atoms with E-state index in [-0.39, 0.29) is 18.6 Å². The number of ether oxygens (including phenoxy) is 1. The summed E-state index contributed by atoms with van der Waals surface area (Å²) in [6.07, 6.45) is 8.31. The largest absolute Gasteiger partial charge is 0.490 e. The first kappa shape index (κ1) is 27.8. The lowest BCUT2D eigenvalue weighted by Gasteiger charge is -2.32. The van der Waals surface area contributed by atoms with Gasteiger partial charge in [0.05, 0.1) is 6.10 Å². The Morgan fingerprint density at radius 2 is 1.87 bits per heavy atom. The average molecular weight is 517 g/mol. The number of piperidine rings is 1. The number of likely N-dealkylation sites (tertiary alicyclic amines) is 1. The monoisotopic (exact) mass is 516 g/mol. The number of carbonyl (C=O) groups excluding carboxylic acids is 1. The predicted molar refractivity (Wildman–Crippen MR) is 153 cm³/mol. The summed E-state index contributed by atoms with van der Waals surface area (Å²) < 4.78 is 6.19. The number of aliphatic hydroxyl groups excluding tert-OH is 1. The van der Waals surface area contributed by atoms with Gasteiger partial charge in [-0.2, -0.15) is 0 Å². The number of fused-ring (bicyclic) bond motifs is 1. The van der Waals surface area contributed by atoms with Gasteiger partial charge in [0, 0.05) is 57.6 Å². The second-order valence-corrected chi connectivity index (χ2v) is 10.1. The molecule has 7 heteroatoms. The minimum atomic E-state index is -0.615. The summed E-state index contributed by atoms with van der Waals surface area (Å²) in [7, 11) is 0. The van der Waals surface area contributed by atoms with E-state index in [0.717, 1.165) is 57.7 Å². The number of aliphatic hydroxyl groups is 1. The highest BCUT2D eigenvalue weighted by molar-refractivity contribution is 5.94. The van der Waals surface area contributed by atoms with Crippen molar-refractivity contribution in [3.05, 3.63) is 89.1 Å². The number of β-amino-alcohol motifs (C(OH)–C–C–N with tert-alkyl or cyclic N) is 1. The minimum absolute atomic E-state index is 0.169. The van der Waals surface area contributed by atoms with Crippen molar-refractivity contribution in [1.29, 1.82) is 0 Å². The third kappa shape index (κ3) is 8.12. The fraction of sp³-hybridized carbons (Fsp3) is 0.419. The normalized spacial score (nSPS) is 18.2. The summed E-state index contributed by atoms with van der Waals surface area (Å²) in [5.74, 6) is 0.591. The number of allylic oxidation sites excluding steroid dienone is 1. The van der Waals surface area contributed by atoms with Crippen molar-refractivity contribution < 1.29 is 14.6 Å². The number of hydrogen-bond donors (Lipinski definition) is 2. The van der Waals surface area contributed by atoms with Crippen LogP contribution in [-0.4, -0.2) is 79.0 Å². The number of nitrogens with zero attached hydrogens (tertiary/aromatic N) is 3. The minimum Gasteiger partial charge on any atom is -0.490 e. The van der Waals surface area contributed by atoms with Crippen LogP contribution in [0.5, 0.6) is 5.75 Å². The van der Waals surface area contributed by atoms with E-state index in [1.807, 2.05) is 25.1 Å². The van der Waals surface area contributed by atoms with E-state index in [9.17, 15) is 9.90 Å². The molecular weight excluding hydrogens is 476 g/mol. The van der Waals surface area contributed by atoms with E-state index < -0.39 is 6.10 Å². The van der Waals surface area contributed by atoms with Gasteiger partial charge in [0.15, 0.2) is 0 Å². The Hall–Kier alpha value is -3.26. The molecule has 2 aliphatic heterocycles. The zero-order valence-electron chi connectivity index (χ0n) is 22.4. The molecule has 1 amide bonds. The zero-order chi connectivity index (χ0) is 26.7. The lowest BCUT2D eigenvalue weighted by molar-refractivity contribution is 0.0841. The molecule has 1 atom stereocenters. The third-order valence-electron chi connectivity index (χ3n) is 7.30. The summed E-state index contributed by atoms with van der Waals surface area (Å²) in [4.78, 5) is 21.1. The molecule has 38 heavy (non-hydrogen) atoms. The Kier molecular flexibility index (Phi) is 10.3. The fourth-order valence-corrected chi connectivity index (χ4v) is 5.09. The summed E-state index contributed by atoms with van der Waals surface area (Å²) in [6, 6.07) is 15.7. The number of rotatable bonds is 11. The van der Waals surface area contributed by atoms with Crippen LogP contribution in [-0.2, 0) is 13.0 Å². The number of nitrogens with one attached hydrogen (secondary N) is 1. The van der Waals surface area contributed by atoms with Crippen molar-refractivity contribution in [1.82, 2.24) is 15.1 Å². The van der Waals surface area contributed by atoms with E-state index in [1.54, 1.807) is 18.3 Å². The lowest BCUT2D eigenvalue weighted by atomic mass is 10.00. The summed E-state index contributed by atoms with van der Waals surface area (Å²) in [6.45, 7) is 10.9. The van der Waals surface area contributed by atoms with Gasteiger partial charge in [0.25, 0.3) is 5.91 Å². The van der Waals surface area contributed by atoms with Crippen LogP contribution in [0, 0.1) is 0 Å². The van der Waals surface area contributed by atoms with Crippen molar-refractivity contribution in [3.8, 4) is 5.75 Å². The molecule has 0 saturated carbocycles. The molecule has 7 nitrogen and oxygen atoms in total. The molecule has 2 N–H and O–H groups in total. The first-order chi connectivity index (χ1) is 18.5. The maximum Gasteiger partial charge on any atom is 0.251 e. The van der Waals surface area contributed by atoms with E-state index in [1.165, 1.54) is 16.7 Å². The van der Waals surface area contributed by atoms with Gasteiger partial charge >= 0.3 is 0 Å². The van der Waals surface area contributed by atoms with Crippen LogP contribution in [0.1, 0.15) is 41.3 Å². The Morgan fingerprint density at radius 1 is 1.13 bits per heavy atom. The molecule has 0 unspecified atom stereocenters. The van der Waals surface area contributed by atoms with Gasteiger partial charge in [-0.15, -0.1) is 0 Å². The number of benzene rings is 2. The molecule has 0 spiro atoms. The van der Waals surface area contributed by atoms with Crippen molar-refractivity contribution in [2.45, 2.75) is 44.9 Å². The molecule has 2 heterocycles. The van der Waals surface area contributed by atoms with Gasteiger partial charge in [-0.25, -0.2) is 0 Å². The lowest BCUT2D eigenvalue weighted by Crippen LogP contribution is -2.42. The molecular formula is C31H40N4O3. The first-order valence-electron chi connectivity index (χ1n) is 13.6. The van der Waals surface area contributed by atoms with E-state index in [4.69, 9.17) is 4.74 Å². The van der Waals surface area contributed by atoms with Gasteiger partial charge in [-0.3, -0.25) is 19.6 Å². The van der Waals surface area contributed by atoms with Crippen LogP contribution >= 0.6 is 0 Å². The van der Waals surface area contributed by atoms with Crippen molar-refractivity contribution in [2.24, 2.45) is 4.99 Å². The van der Waals surface area contributed by atoms with E-state index >= 15 is 0 Å². The van der Waals surface area contributed by atoms with Gasteiger partial charge in [-0.05, 0) is 79.9 Å². The molecule has 4 rings (SSSR count). The zero-order valence-corrected chi connectivity index (χ0v) is 22.4. The second kappa shape index (κ2) is 14.0. The fourth-order valence-electron chi connectivity index (χ4n) is 5.09. The topological polar surface area (TPSA) is 77.4 Å². The molecule has 0 radical (unpaired) electrons. The maximum atomic E-state index is 12.6. The van der Waals surface area contributed by atoms with Crippen LogP contribution in [0.25, 0.3) is 0 Å². The highest BCUT2D eigenvalue weighted by Crippen LogP contribution is 2.21. The molecule has 0 aromatic heterocycles. The molecule has 2 aromatic carbocycles. The first-order valence-corrected chi connectivity index (χ1v) is 13.6. The molecule has 0 aliphatic carbocycles. The van der Waals surface area contributed by atoms with Crippen molar-refractivity contribution in [3.63, 3.8) is 0 Å². The van der Waals surface area contributed by atoms with Crippen LogP contribution in [0.15, 0.2) is 77.4 Å². The van der Waals surface area contributed by atoms with Gasteiger partial charge < -0.3 is 15.2 Å². The quantitative estimate of drug-likeness (QED) is 0.351. The van der Waals surface area contributed by atoms with Gasteiger partial charge in [0.1, 0.15) is 11.9 Å². The number of carbonyl (C=O) groups is 1. The third-order valence-corrected chi connectivity index (χ3v) is 7.30. The highest BCUT2D eigenvalue weighted by Gasteiger charge is 2.21. The van der Waals surface area contributed by atoms with Crippen molar-refractivity contribution >= 4 is 12.6 Å². The van der Waals surface area contributed by atoms with Gasteiger partial charge in [0.2, 0.25) is 0 Å². The van der Waals surface area contributed by atoms with Crippen LogP contribution in [0.4, 0.5) is 0 Å². The number of amides is 1. The predicted octanol–water partition coefficient (Wildman–Crippen LogP) is 3.84. The number of hydrogen-bond acceptors (Lipinski definition) is 6.